The second kappa shape index (κ2) is 4.76. The van der Waals surface area contributed by atoms with Crippen molar-refractivity contribution in [3.05, 3.63) is 34.1 Å². The molecule has 0 fully saturated rings. The number of nitrogens with zero attached hydrogens (tertiary/aromatic N) is 3. The van der Waals surface area contributed by atoms with Crippen molar-refractivity contribution in [2.45, 2.75) is 18.9 Å². The zero-order chi connectivity index (χ0) is 16.1. The Morgan fingerprint density at radius 2 is 2.23 bits per heavy atom. The van der Waals surface area contributed by atoms with Gasteiger partial charge in [-0.3, -0.25) is 4.79 Å². The standard InChI is InChI=1S/C16H19N3O3/c1-16(9-17-18(2)3)8-10-7-12(21)14-13(15(10)22-16)11(20)5-6-19(14)4/h5-7,9,21H,8H2,1-4H3/b17-9+/t16-/m0/s1. The summed E-state index contributed by atoms with van der Waals surface area (Å²) >= 11 is 0. The Morgan fingerprint density at radius 1 is 1.50 bits per heavy atom. The first-order chi connectivity index (χ1) is 10.3. The summed E-state index contributed by atoms with van der Waals surface area (Å²) in [5.74, 6) is 0.632. The maximum atomic E-state index is 12.3. The van der Waals surface area contributed by atoms with E-state index in [1.165, 1.54) is 6.07 Å². The van der Waals surface area contributed by atoms with Gasteiger partial charge in [-0.2, -0.15) is 5.10 Å². The monoisotopic (exact) mass is 301 g/mol. The average molecular weight is 301 g/mol. The van der Waals surface area contributed by atoms with Crippen LogP contribution in [-0.2, 0) is 13.5 Å². The lowest BCUT2D eigenvalue weighted by atomic mass is 9.99. The van der Waals surface area contributed by atoms with E-state index < -0.39 is 5.60 Å². The van der Waals surface area contributed by atoms with Gasteiger partial charge in [-0.1, -0.05) is 0 Å². The number of aromatic nitrogens is 1. The van der Waals surface area contributed by atoms with E-state index in [9.17, 15) is 9.90 Å². The predicted octanol–water partition coefficient (Wildman–Crippen LogP) is 1.49. The van der Waals surface area contributed by atoms with Crippen molar-refractivity contribution >= 4 is 17.1 Å². The topological polar surface area (TPSA) is 67.1 Å². The molecule has 1 atom stereocenters. The summed E-state index contributed by atoms with van der Waals surface area (Å²) in [6, 6.07) is 3.15. The number of pyridine rings is 1. The number of rotatable bonds is 2. The van der Waals surface area contributed by atoms with E-state index in [4.69, 9.17) is 4.74 Å². The van der Waals surface area contributed by atoms with E-state index in [0.717, 1.165) is 5.56 Å². The Kier molecular flexibility index (Phi) is 3.12. The van der Waals surface area contributed by atoms with E-state index in [1.54, 1.807) is 35.1 Å². The summed E-state index contributed by atoms with van der Waals surface area (Å²) < 4.78 is 7.77. The number of hydrogen-bond acceptors (Lipinski definition) is 5. The maximum Gasteiger partial charge on any atom is 0.193 e. The van der Waals surface area contributed by atoms with Gasteiger partial charge in [0.1, 0.15) is 17.1 Å². The minimum absolute atomic E-state index is 0.0892. The fourth-order valence-corrected chi connectivity index (χ4v) is 2.82. The van der Waals surface area contributed by atoms with E-state index in [0.29, 0.717) is 23.1 Å². The number of ether oxygens (including phenoxy) is 1. The van der Waals surface area contributed by atoms with Crippen molar-refractivity contribution in [1.82, 2.24) is 9.58 Å². The Morgan fingerprint density at radius 3 is 2.91 bits per heavy atom. The van der Waals surface area contributed by atoms with Crippen LogP contribution >= 0.6 is 0 Å². The molecule has 3 rings (SSSR count). The number of aryl methyl sites for hydroxylation is 1. The molecule has 0 saturated carbocycles. The van der Waals surface area contributed by atoms with Crippen LogP contribution in [0, 0.1) is 0 Å². The van der Waals surface area contributed by atoms with Crippen LogP contribution in [0.2, 0.25) is 0 Å². The SMILES string of the molecule is CN(C)/N=C/[C@]1(C)Cc2cc(O)c3c(c2O1)c(=O)ccn3C. The fourth-order valence-electron chi connectivity index (χ4n) is 2.82. The first kappa shape index (κ1) is 14.4. The van der Waals surface area contributed by atoms with E-state index in [1.807, 2.05) is 21.0 Å². The van der Waals surface area contributed by atoms with Crippen molar-refractivity contribution in [3.63, 3.8) is 0 Å². The van der Waals surface area contributed by atoms with Crippen molar-refractivity contribution < 1.29 is 9.84 Å². The molecule has 116 valence electrons. The van der Waals surface area contributed by atoms with Crippen molar-refractivity contribution in [3.8, 4) is 11.5 Å². The summed E-state index contributed by atoms with van der Waals surface area (Å²) in [7, 11) is 5.45. The molecule has 1 aliphatic heterocycles. The van der Waals surface area contributed by atoms with E-state index in [-0.39, 0.29) is 11.2 Å². The second-order valence-corrected chi connectivity index (χ2v) is 6.08. The number of aromatic hydroxyl groups is 1. The molecule has 0 amide bonds. The number of fused-ring (bicyclic) bond motifs is 3. The Balaban J connectivity index is 2.20. The van der Waals surface area contributed by atoms with Gasteiger partial charge in [-0.15, -0.1) is 0 Å². The van der Waals surface area contributed by atoms with E-state index in [2.05, 4.69) is 5.10 Å². The number of benzene rings is 1. The van der Waals surface area contributed by atoms with Gasteiger partial charge in [0, 0.05) is 45.4 Å². The molecule has 0 spiro atoms. The van der Waals surface area contributed by atoms with Gasteiger partial charge in [0.25, 0.3) is 0 Å². The molecule has 2 heterocycles. The quantitative estimate of drug-likeness (QED) is 0.674. The maximum absolute atomic E-state index is 12.3. The van der Waals surface area contributed by atoms with Gasteiger partial charge >= 0.3 is 0 Å². The van der Waals surface area contributed by atoms with Crippen LogP contribution in [0.1, 0.15) is 12.5 Å². The number of phenols is 1. The van der Waals surface area contributed by atoms with Crippen LogP contribution in [0.4, 0.5) is 0 Å². The lowest BCUT2D eigenvalue weighted by molar-refractivity contribution is 0.197. The van der Waals surface area contributed by atoms with Crippen molar-refractivity contribution in [1.29, 1.82) is 0 Å². The normalized spacial score (nSPS) is 20.4. The molecule has 0 bridgehead atoms. The average Bonchev–Trinajstić information content (AvgIpc) is 2.77. The Bertz CT molecular complexity index is 839. The van der Waals surface area contributed by atoms with E-state index >= 15 is 0 Å². The van der Waals surface area contributed by atoms with Gasteiger partial charge in [0.05, 0.1) is 17.1 Å². The van der Waals surface area contributed by atoms with Gasteiger partial charge in [0.2, 0.25) is 0 Å². The minimum Gasteiger partial charge on any atom is -0.506 e. The number of hydrogen-bond donors (Lipinski definition) is 1. The van der Waals surface area contributed by atoms with Gasteiger partial charge in [-0.25, -0.2) is 0 Å². The molecule has 0 aliphatic carbocycles. The smallest absolute Gasteiger partial charge is 0.193 e. The molecule has 1 aromatic carbocycles. The highest BCUT2D eigenvalue weighted by molar-refractivity contribution is 5.93. The minimum atomic E-state index is -0.631. The molecule has 6 nitrogen and oxygen atoms in total. The Labute approximate surface area is 128 Å². The highest BCUT2D eigenvalue weighted by Gasteiger charge is 2.36. The zero-order valence-electron chi connectivity index (χ0n) is 13.1. The van der Waals surface area contributed by atoms with Gasteiger partial charge in [0.15, 0.2) is 5.43 Å². The molecular weight excluding hydrogens is 282 g/mol. The predicted molar refractivity (Wildman–Crippen MR) is 85.8 cm³/mol. The zero-order valence-corrected chi connectivity index (χ0v) is 13.1. The van der Waals surface area contributed by atoms with Crippen LogP contribution in [0.3, 0.4) is 0 Å². The van der Waals surface area contributed by atoms with Crippen molar-refractivity contribution in [2.75, 3.05) is 14.1 Å². The molecule has 2 aromatic rings. The van der Waals surface area contributed by atoms with Gasteiger partial charge in [-0.05, 0) is 13.0 Å². The summed E-state index contributed by atoms with van der Waals surface area (Å²) in [6.45, 7) is 1.91. The third-order valence-corrected chi connectivity index (χ3v) is 3.80. The molecule has 0 unspecified atom stereocenters. The molecule has 0 radical (unpaired) electrons. The third kappa shape index (κ3) is 2.20. The molecule has 1 N–H and O–H groups in total. The third-order valence-electron chi connectivity index (χ3n) is 3.80. The molecule has 22 heavy (non-hydrogen) atoms. The molecule has 1 aromatic heterocycles. The van der Waals surface area contributed by atoms with Crippen LogP contribution < -0.4 is 10.2 Å². The summed E-state index contributed by atoms with van der Waals surface area (Å²) in [4.78, 5) is 12.3. The molecule has 0 saturated heterocycles. The summed E-state index contributed by atoms with van der Waals surface area (Å²) in [6.07, 6.45) is 3.92. The van der Waals surface area contributed by atoms with Crippen molar-refractivity contribution in [2.24, 2.45) is 12.1 Å². The first-order valence-electron chi connectivity index (χ1n) is 7.06. The highest BCUT2D eigenvalue weighted by Crippen LogP contribution is 2.42. The molecular formula is C16H19N3O3. The second-order valence-electron chi connectivity index (χ2n) is 6.08. The Hall–Kier alpha value is -2.50. The molecule has 6 heteroatoms. The van der Waals surface area contributed by atoms with Crippen LogP contribution in [-0.4, -0.2) is 40.6 Å². The highest BCUT2D eigenvalue weighted by atomic mass is 16.5. The molecule has 1 aliphatic rings. The number of hydrazone groups is 1. The number of phenolic OH excluding ortho intramolecular Hbond substituents is 1. The van der Waals surface area contributed by atoms with Crippen LogP contribution in [0.15, 0.2) is 28.2 Å². The first-order valence-corrected chi connectivity index (χ1v) is 7.06. The summed E-state index contributed by atoms with van der Waals surface area (Å²) in [5, 5.41) is 16.6. The summed E-state index contributed by atoms with van der Waals surface area (Å²) in [5.41, 5.74) is 0.517. The van der Waals surface area contributed by atoms with Gasteiger partial charge < -0.3 is 19.4 Å². The van der Waals surface area contributed by atoms with Crippen LogP contribution in [0.5, 0.6) is 11.5 Å². The largest absolute Gasteiger partial charge is 0.506 e. The lowest BCUT2D eigenvalue weighted by Gasteiger charge is -2.19. The lowest BCUT2D eigenvalue weighted by Crippen LogP contribution is -2.33. The fraction of sp³-hybridized carbons (Fsp3) is 0.375. The van der Waals surface area contributed by atoms with Crippen LogP contribution in [0.25, 0.3) is 10.9 Å².